The minimum absolute atomic E-state index is 0.368. The van der Waals surface area contributed by atoms with E-state index in [1.807, 2.05) is 0 Å². The lowest BCUT2D eigenvalue weighted by atomic mass is 9.94. The highest BCUT2D eigenvalue weighted by atomic mass is 16.5. The lowest BCUT2D eigenvalue weighted by Gasteiger charge is -2.37. The predicted octanol–water partition coefficient (Wildman–Crippen LogP) is 3.88. The maximum atomic E-state index is 5.63. The number of likely N-dealkylation sites (tertiary alicyclic amines) is 1. The second-order valence-corrected chi connectivity index (χ2v) is 7.84. The van der Waals surface area contributed by atoms with E-state index in [1.165, 1.54) is 51.9 Å². The van der Waals surface area contributed by atoms with E-state index in [1.54, 1.807) is 0 Å². The van der Waals surface area contributed by atoms with E-state index in [4.69, 9.17) is 4.74 Å². The van der Waals surface area contributed by atoms with Crippen LogP contribution in [0.1, 0.15) is 60.3 Å². The van der Waals surface area contributed by atoms with Crippen molar-refractivity contribution < 1.29 is 4.74 Å². The minimum atomic E-state index is 0.368. The first-order chi connectivity index (χ1) is 10.4. The van der Waals surface area contributed by atoms with Crippen LogP contribution in [0.5, 0.6) is 0 Å². The third-order valence-corrected chi connectivity index (χ3v) is 5.33. The highest BCUT2D eigenvalue weighted by Gasteiger charge is 2.22. The SMILES string of the molecule is CC(C)OCCCN1CCC(N(C)CCC(C)C(C)C)CC1. The molecule has 0 amide bonds. The van der Waals surface area contributed by atoms with Crippen LogP contribution in [0.25, 0.3) is 0 Å². The zero-order chi connectivity index (χ0) is 16.5. The summed E-state index contributed by atoms with van der Waals surface area (Å²) >= 11 is 0. The Labute approximate surface area is 139 Å². The van der Waals surface area contributed by atoms with Gasteiger partial charge in [-0.05, 0) is 78.0 Å². The summed E-state index contributed by atoms with van der Waals surface area (Å²) in [5.41, 5.74) is 0. The molecule has 1 atom stereocenters. The normalized spacial score (nSPS) is 19.5. The van der Waals surface area contributed by atoms with E-state index in [9.17, 15) is 0 Å². The summed E-state index contributed by atoms with van der Waals surface area (Å²) in [6, 6.07) is 0.794. The molecule has 3 nitrogen and oxygen atoms in total. The lowest BCUT2D eigenvalue weighted by Crippen LogP contribution is -2.44. The average molecular weight is 313 g/mol. The molecule has 0 saturated carbocycles. The van der Waals surface area contributed by atoms with Crippen molar-refractivity contribution in [1.82, 2.24) is 9.80 Å². The number of piperidine rings is 1. The van der Waals surface area contributed by atoms with Crippen molar-refractivity contribution in [1.29, 1.82) is 0 Å². The Kier molecular flexibility index (Phi) is 9.62. The second kappa shape index (κ2) is 10.6. The van der Waals surface area contributed by atoms with Crippen molar-refractivity contribution in [2.45, 2.75) is 72.4 Å². The van der Waals surface area contributed by atoms with Crippen LogP contribution in [-0.4, -0.2) is 61.8 Å². The van der Waals surface area contributed by atoms with Gasteiger partial charge in [0, 0.05) is 19.2 Å². The Bertz CT molecular complexity index is 273. The van der Waals surface area contributed by atoms with Crippen LogP contribution in [0, 0.1) is 11.8 Å². The van der Waals surface area contributed by atoms with Gasteiger partial charge in [-0.3, -0.25) is 0 Å². The molecule has 0 spiro atoms. The van der Waals surface area contributed by atoms with Crippen LogP contribution >= 0.6 is 0 Å². The Morgan fingerprint density at radius 3 is 2.27 bits per heavy atom. The zero-order valence-corrected chi connectivity index (χ0v) is 16.0. The van der Waals surface area contributed by atoms with Gasteiger partial charge in [-0.15, -0.1) is 0 Å². The number of hydrogen-bond donors (Lipinski definition) is 0. The van der Waals surface area contributed by atoms with Crippen LogP contribution in [0.4, 0.5) is 0 Å². The topological polar surface area (TPSA) is 15.7 Å². The molecule has 1 fully saturated rings. The molecule has 1 aliphatic heterocycles. The van der Waals surface area contributed by atoms with E-state index >= 15 is 0 Å². The van der Waals surface area contributed by atoms with Crippen molar-refractivity contribution in [2.75, 3.05) is 39.8 Å². The molecule has 132 valence electrons. The number of hydrogen-bond acceptors (Lipinski definition) is 3. The van der Waals surface area contributed by atoms with Gasteiger partial charge in [-0.25, -0.2) is 0 Å². The Hall–Kier alpha value is -0.120. The average Bonchev–Trinajstić information content (AvgIpc) is 2.49. The van der Waals surface area contributed by atoms with Gasteiger partial charge >= 0.3 is 0 Å². The maximum Gasteiger partial charge on any atom is 0.0518 e. The van der Waals surface area contributed by atoms with Crippen molar-refractivity contribution in [3.63, 3.8) is 0 Å². The predicted molar refractivity (Wildman–Crippen MR) is 96.4 cm³/mol. The van der Waals surface area contributed by atoms with Crippen LogP contribution in [0.3, 0.4) is 0 Å². The van der Waals surface area contributed by atoms with Gasteiger partial charge in [0.25, 0.3) is 0 Å². The highest BCUT2D eigenvalue weighted by Crippen LogP contribution is 2.19. The quantitative estimate of drug-likeness (QED) is 0.569. The third-order valence-electron chi connectivity index (χ3n) is 5.33. The fraction of sp³-hybridized carbons (Fsp3) is 1.00. The van der Waals surface area contributed by atoms with Crippen LogP contribution in [0.2, 0.25) is 0 Å². The molecular weight excluding hydrogens is 272 g/mol. The molecule has 0 aromatic carbocycles. The second-order valence-electron chi connectivity index (χ2n) is 7.84. The van der Waals surface area contributed by atoms with E-state index < -0.39 is 0 Å². The Morgan fingerprint density at radius 2 is 1.73 bits per heavy atom. The Balaban J connectivity index is 2.13. The summed E-state index contributed by atoms with van der Waals surface area (Å²) in [7, 11) is 2.32. The molecule has 0 N–H and O–H groups in total. The molecule has 1 saturated heterocycles. The maximum absolute atomic E-state index is 5.63. The fourth-order valence-corrected chi connectivity index (χ4v) is 3.11. The largest absolute Gasteiger partial charge is 0.379 e. The summed E-state index contributed by atoms with van der Waals surface area (Å²) in [5, 5.41) is 0. The molecule has 0 radical (unpaired) electrons. The monoisotopic (exact) mass is 312 g/mol. The van der Waals surface area contributed by atoms with E-state index in [0.717, 1.165) is 24.5 Å². The first-order valence-electron chi connectivity index (χ1n) is 9.44. The molecule has 1 unspecified atom stereocenters. The van der Waals surface area contributed by atoms with E-state index in [2.05, 4.69) is 51.5 Å². The van der Waals surface area contributed by atoms with Crippen LogP contribution < -0.4 is 0 Å². The summed E-state index contributed by atoms with van der Waals surface area (Å²) in [6.07, 6.45) is 5.54. The van der Waals surface area contributed by atoms with Gasteiger partial charge in [0.05, 0.1) is 6.10 Å². The summed E-state index contributed by atoms with van der Waals surface area (Å²) in [4.78, 5) is 5.23. The van der Waals surface area contributed by atoms with E-state index in [0.29, 0.717) is 6.10 Å². The number of rotatable bonds is 10. The molecule has 1 heterocycles. The Morgan fingerprint density at radius 1 is 1.09 bits per heavy atom. The highest BCUT2D eigenvalue weighted by molar-refractivity contribution is 4.78. The lowest BCUT2D eigenvalue weighted by molar-refractivity contribution is 0.0639. The van der Waals surface area contributed by atoms with Crippen molar-refractivity contribution in [2.24, 2.45) is 11.8 Å². The van der Waals surface area contributed by atoms with Gasteiger partial charge in [-0.2, -0.15) is 0 Å². The van der Waals surface area contributed by atoms with Gasteiger partial charge in [0.15, 0.2) is 0 Å². The molecule has 0 aromatic rings. The zero-order valence-electron chi connectivity index (χ0n) is 16.0. The summed E-state index contributed by atoms with van der Waals surface area (Å²) in [6.45, 7) is 17.2. The standard InChI is InChI=1S/C19H40N2O/c1-16(2)18(5)8-12-20(6)19-9-13-21(14-10-19)11-7-15-22-17(3)4/h16-19H,7-15H2,1-6H3. The van der Waals surface area contributed by atoms with Crippen molar-refractivity contribution in [3.05, 3.63) is 0 Å². The molecule has 0 aromatic heterocycles. The number of nitrogens with zero attached hydrogens (tertiary/aromatic N) is 2. The summed E-state index contributed by atoms with van der Waals surface area (Å²) < 4.78 is 5.63. The van der Waals surface area contributed by atoms with Gasteiger partial charge in [-0.1, -0.05) is 20.8 Å². The van der Waals surface area contributed by atoms with Crippen molar-refractivity contribution >= 4 is 0 Å². The molecule has 1 rings (SSSR count). The molecule has 1 aliphatic rings. The van der Waals surface area contributed by atoms with E-state index in [-0.39, 0.29) is 0 Å². The van der Waals surface area contributed by atoms with Gasteiger partial charge in [0.2, 0.25) is 0 Å². The van der Waals surface area contributed by atoms with Crippen LogP contribution in [0.15, 0.2) is 0 Å². The van der Waals surface area contributed by atoms with Gasteiger partial charge in [0.1, 0.15) is 0 Å². The third kappa shape index (κ3) is 7.94. The van der Waals surface area contributed by atoms with Crippen molar-refractivity contribution in [3.8, 4) is 0 Å². The minimum Gasteiger partial charge on any atom is -0.379 e. The fourth-order valence-electron chi connectivity index (χ4n) is 3.11. The van der Waals surface area contributed by atoms with Gasteiger partial charge < -0.3 is 14.5 Å². The molecule has 0 aliphatic carbocycles. The number of ether oxygens (including phenoxy) is 1. The molecule has 3 heteroatoms. The molecular formula is C19H40N2O. The molecule has 0 bridgehead atoms. The first kappa shape index (κ1) is 19.9. The first-order valence-corrected chi connectivity index (χ1v) is 9.44. The smallest absolute Gasteiger partial charge is 0.0518 e. The molecule has 22 heavy (non-hydrogen) atoms. The summed E-state index contributed by atoms with van der Waals surface area (Å²) in [5.74, 6) is 1.65. The van der Waals surface area contributed by atoms with Crippen LogP contribution in [-0.2, 0) is 4.74 Å².